The van der Waals surface area contributed by atoms with Crippen LogP contribution in [0.15, 0.2) is 0 Å². The minimum Gasteiger partial charge on any atom is -0.368 e. The molecule has 1 saturated carbocycles. The highest BCUT2D eigenvalue weighted by Gasteiger charge is 2.51. The number of rotatable bonds is 8. The highest BCUT2D eigenvalue weighted by molar-refractivity contribution is 5.93. The average molecular weight is 461 g/mol. The topological polar surface area (TPSA) is 148 Å². The maximum atomic E-state index is 13.4. The first-order chi connectivity index (χ1) is 15.0. The minimum atomic E-state index is -4.59. The Morgan fingerprint density at radius 1 is 1.19 bits per heavy atom. The molecule has 2 saturated heterocycles. The van der Waals surface area contributed by atoms with Crippen molar-refractivity contribution in [1.29, 1.82) is 0 Å². The van der Waals surface area contributed by atoms with Gasteiger partial charge in [0.25, 0.3) is 0 Å². The maximum absolute atomic E-state index is 13.4. The van der Waals surface area contributed by atoms with E-state index >= 15 is 0 Å². The highest BCUT2D eigenvalue weighted by atomic mass is 19.4. The number of nitrogens with zero attached hydrogens (tertiary/aromatic N) is 1. The highest BCUT2D eigenvalue weighted by Crippen LogP contribution is 2.38. The lowest BCUT2D eigenvalue weighted by Crippen LogP contribution is -2.55. The summed E-state index contributed by atoms with van der Waals surface area (Å²) in [6.45, 7) is -0.231. The third-order valence-electron chi connectivity index (χ3n) is 6.82. The summed E-state index contributed by atoms with van der Waals surface area (Å²) in [6.07, 6.45) is -1.57. The summed E-state index contributed by atoms with van der Waals surface area (Å²) in [5.74, 6) is -4.92. The van der Waals surface area contributed by atoms with E-state index < -0.39 is 66.8 Å². The van der Waals surface area contributed by atoms with Gasteiger partial charge in [0, 0.05) is 19.0 Å². The van der Waals surface area contributed by atoms with Gasteiger partial charge < -0.3 is 27.0 Å². The maximum Gasteiger partial charge on any atom is 0.393 e. The summed E-state index contributed by atoms with van der Waals surface area (Å²) in [4.78, 5) is 50.3. The zero-order chi connectivity index (χ0) is 23.6. The molecule has 180 valence electrons. The van der Waals surface area contributed by atoms with Gasteiger partial charge in [-0.2, -0.15) is 13.2 Å². The molecule has 1 aliphatic carbocycles. The molecular weight excluding hydrogens is 431 g/mol. The molecule has 0 radical (unpaired) electrons. The Bertz CT molecular complexity index is 758. The average Bonchev–Trinajstić information content (AvgIpc) is 3.29. The van der Waals surface area contributed by atoms with Crippen molar-refractivity contribution in [3.8, 4) is 0 Å². The van der Waals surface area contributed by atoms with Gasteiger partial charge in [-0.1, -0.05) is 19.3 Å². The van der Waals surface area contributed by atoms with Crippen molar-refractivity contribution in [2.75, 3.05) is 13.1 Å². The Hall–Kier alpha value is -2.37. The molecule has 4 amide bonds. The number of hydrogen-bond acceptors (Lipinski definition) is 5. The zero-order valence-corrected chi connectivity index (χ0v) is 17.7. The van der Waals surface area contributed by atoms with Crippen LogP contribution in [0.4, 0.5) is 13.2 Å². The van der Waals surface area contributed by atoms with E-state index in [1.165, 1.54) is 0 Å². The first kappa shape index (κ1) is 24.3. The number of carbonyl (C=O) groups is 4. The van der Waals surface area contributed by atoms with Crippen molar-refractivity contribution in [2.45, 2.75) is 69.2 Å². The SMILES string of the molecule is NC(=O)[C@H](C[C@@H]1CCNC1=O)NC(=O)[C@@H]1C[C@@H](C(F)(F)F)CN1C(=O)[C@@H](N)CC1CCC1. The zero-order valence-electron chi connectivity index (χ0n) is 17.7. The van der Waals surface area contributed by atoms with Gasteiger partial charge in [0.05, 0.1) is 12.0 Å². The molecule has 32 heavy (non-hydrogen) atoms. The van der Waals surface area contributed by atoms with Gasteiger partial charge in [0.1, 0.15) is 12.1 Å². The number of halogens is 3. The molecule has 9 nitrogen and oxygen atoms in total. The fourth-order valence-corrected chi connectivity index (χ4v) is 4.64. The van der Waals surface area contributed by atoms with Crippen LogP contribution in [0.1, 0.15) is 44.9 Å². The summed E-state index contributed by atoms with van der Waals surface area (Å²) in [5.41, 5.74) is 11.3. The fraction of sp³-hybridized carbons (Fsp3) is 0.800. The first-order valence-corrected chi connectivity index (χ1v) is 11.0. The monoisotopic (exact) mass is 461 g/mol. The molecule has 5 atom stereocenters. The van der Waals surface area contributed by atoms with Crippen molar-refractivity contribution in [3.63, 3.8) is 0 Å². The lowest BCUT2D eigenvalue weighted by Gasteiger charge is -2.31. The van der Waals surface area contributed by atoms with E-state index in [0.29, 0.717) is 19.4 Å². The van der Waals surface area contributed by atoms with Crippen LogP contribution in [-0.2, 0) is 19.2 Å². The van der Waals surface area contributed by atoms with Crippen LogP contribution >= 0.6 is 0 Å². The molecule has 0 bridgehead atoms. The molecule has 2 heterocycles. The number of hydrogen-bond donors (Lipinski definition) is 4. The van der Waals surface area contributed by atoms with Crippen molar-refractivity contribution >= 4 is 23.6 Å². The molecule has 2 aliphatic heterocycles. The normalized spacial score (nSPS) is 28.1. The van der Waals surface area contributed by atoms with E-state index in [0.717, 1.165) is 24.2 Å². The number of alkyl halides is 3. The predicted molar refractivity (Wildman–Crippen MR) is 106 cm³/mol. The number of nitrogens with one attached hydrogen (secondary N) is 2. The lowest BCUT2D eigenvalue weighted by atomic mass is 9.81. The summed E-state index contributed by atoms with van der Waals surface area (Å²) >= 11 is 0. The van der Waals surface area contributed by atoms with E-state index in [-0.39, 0.29) is 18.2 Å². The van der Waals surface area contributed by atoms with E-state index in [1.54, 1.807) is 0 Å². The molecule has 0 aromatic heterocycles. The van der Waals surface area contributed by atoms with Crippen molar-refractivity contribution in [2.24, 2.45) is 29.2 Å². The Kier molecular flexibility index (Phi) is 7.31. The minimum absolute atomic E-state index is 0.0581. The smallest absolute Gasteiger partial charge is 0.368 e. The fourth-order valence-electron chi connectivity index (χ4n) is 4.64. The quantitative estimate of drug-likeness (QED) is 0.395. The van der Waals surface area contributed by atoms with Gasteiger partial charge in [-0.3, -0.25) is 19.2 Å². The van der Waals surface area contributed by atoms with Crippen LogP contribution in [-0.4, -0.2) is 65.9 Å². The lowest BCUT2D eigenvalue weighted by molar-refractivity contribution is -0.171. The molecule has 6 N–H and O–H groups in total. The van der Waals surface area contributed by atoms with E-state index in [9.17, 15) is 32.3 Å². The molecule has 0 spiro atoms. The van der Waals surface area contributed by atoms with Gasteiger partial charge in [0.2, 0.25) is 23.6 Å². The molecule has 0 aromatic rings. The van der Waals surface area contributed by atoms with Crippen molar-refractivity contribution < 1.29 is 32.3 Å². The molecule has 3 fully saturated rings. The number of carbonyl (C=O) groups excluding carboxylic acids is 4. The van der Waals surface area contributed by atoms with E-state index in [4.69, 9.17) is 11.5 Å². The van der Waals surface area contributed by atoms with Crippen LogP contribution in [0.25, 0.3) is 0 Å². The Labute approximate surface area is 183 Å². The standard InChI is InChI=1S/C20H30F3N5O4/c21-20(22,23)12-8-15(28(9-12)19(32)13(24)6-10-2-1-3-10)18(31)27-14(16(25)29)7-11-4-5-26-17(11)30/h10-15H,1-9,24H2,(H2,25,29)(H,26,30)(H,27,31)/t11-,12+,13-,14-,15-/m0/s1. The first-order valence-electron chi connectivity index (χ1n) is 11.0. The van der Waals surface area contributed by atoms with Gasteiger partial charge in [-0.15, -0.1) is 0 Å². The van der Waals surface area contributed by atoms with Crippen LogP contribution in [0.3, 0.4) is 0 Å². The second-order valence-electron chi connectivity index (χ2n) is 9.10. The summed E-state index contributed by atoms with van der Waals surface area (Å²) in [7, 11) is 0. The van der Waals surface area contributed by atoms with Crippen molar-refractivity contribution in [3.05, 3.63) is 0 Å². The van der Waals surface area contributed by atoms with E-state index in [2.05, 4.69) is 10.6 Å². The van der Waals surface area contributed by atoms with Crippen LogP contribution in [0, 0.1) is 17.8 Å². The van der Waals surface area contributed by atoms with Gasteiger partial charge in [-0.05, 0) is 31.6 Å². The molecule has 12 heteroatoms. The molecular formula is C20H30F3N5O4. The Morgan fingerprint density at radius 2 is 1.88 bits per heavy atom. The Balaban J connectivity index is 1.71. The third kappa shape index (κ3) is 5.51. The summed E-state index contributed by atoms with van der Waals surface area (Å²) in [6, 6.07) is -3.64. The van der Waals surface area contributed by atoms with E-state index in [1.807, 2.05) is 0 Å². The van der Waals surface area contributed by atoms with Crippen LogP contribution in [0.5, 0.6) is 0 Å². The second-order valence-corrected chi connectivity index (χ2v) is 9.10. The van der Waals surface area contributed by atoms with Crippen molar-refractivity contribution in [1.82, 2.24) is 15.5 Å². The molecule has 0 unspecified atom stereocenters. The van der Waals surface area contributed by atoms with Crippen LogP contribution < -0.4 is 22.1 Å². The number of nitrogens with two attached hydrogens (primary N) is 2. The predicted octanol–water partition coefficient (Wildman–Crippen LogP) is -0.220. The van der Waals surface area contributed by atoms with Gasteiger partial charge in [-0.25, -0.2) is 0 Å². The molecule has 0 aromatic carbocycles. The Morgan fingerprint density at radius 3 is 2.38 bits per heavy atom. The largest absolute Gasteiger partial charge is 0.393 e. The number of likely N-dealkylation sites (tertiary alicyclic amines) is 1. The van der Waals surface area contributed by atoms with Gasteiger partial charge >= 0.3 is 6.18 Å². The van der Waals surface area contributed by atoms with Gasteiger partial charge in [0.15, 0.2) is 0 Å². The summed E-state index contributed by atoms with van der Waals surface area (Å²) < 4.78 is 40.2. The molecule has 3 aliphatic rings. The third-order valence-corrected chi connectivity index (χ3v) is 6.82. The molecule has 3 rings (SSSR count). The summed E-state index contributed by atoms with van der Waals surface area (Å²) in [5, 5.41) is 4.98. The number of amides is 4. The van der Waals surface area contributed by atoms with Crippen LogP contribution in [0.2, 0.25) is 0 Å². The second kappa shape index (κ2) is 9.63. The number of primary amides is 1.